The molecule has 198 valence electrons. The minimum atomic E-state index is -1.58. The van der Waals surface area contributed by atoms with Crippen LogP contribution in [0.15, 0.2) is 30.5 Å². The van der Waals surface area contributed by atoms with Gasteiger partial charge in [-0.3, -0.25) is 29.4 Å². The van der Waals surface area contributed by atoms with E-state index in [9.17, 15) is 38.7 Å². The van der Waals surface area contributed by atoms with Crippen molar-refractivity contribution in [2.75, 3.05) is 13.1 Å². The van der Waals surface area contributed by atoms with Gasteiger partial charge in [-0.25, -0.2) is 19.8 Å². The molecule has 3 fully saturated rings. The van der Waals surface area contributed by atoms with Crippen molar-refractivity contribution in [3.8, 4) is 0 Å². The number of amides is 5. The third-order valence-corrected chi connectivity index (χ3v) is 7.11. The Bertz CT molecular complexity index is 1390. The summed E-state index contributed by atoms with van der Waals surface area (Å²) in [7, 11) is 0. The fourth-order valence-corrected chi connectivity index (χ4v) is 4.97. The van der Waals surface area contributed by atoms with Gasteiger partial charge in [0, 0.05) is 30.1 Å². The lowest BCUT2D eigenvalue weighted by molar-refractivity contribution is -0.155. The summed E-state index contributed by atoms with van der Waals surface area (Å²) in [6, 6.07) is 4.71. The zero-order valence-corrected chi connectivity index (χ0v) is 20.0. The molecule has 2 aromatic rings. The third kappa shape index (κ3) is 4.13. The van der Waals surface area contributed by atoms with Gasteiger partial charge >= 0.3 is 17.9 Å². The maximum absolute atomic E-state index is 13.5. The number of fused-ring (bicyclic) bond motifs is 2. The molecular formula is C24H24N6O8. The molecule has 0 unspecified atom stereocenters. The van der Waals surface area contributed by atoms with E-state index < -0.39 is 53.0 Å². The van der Waals surface area contributed by atoms with Gasteiger partial charge in [-0.2, -0.15) is 0 Å². The minimum Gasteiger partial charge on any atom is -0.481 e. The summed E-state index contributed by atoms with van der Waals surface area (Å²) in [5.41, 5.74) is 1.43. The number of Topliss-reactive ketones (excluding diaryl/α,β-unsaturated/α-hetero) is 1. The molecule has 4 N–H and O–H groups in total. The summed E-state index contributed by atoms with van der Waals surface area (Å²) in [5.74, 6) is -5.61. The van der Waals surface area contributed by atoms with Crippen LogP contribution in [0.1, 0.15) is 36.0 Å². The molecule has 0 spiro atoms. The molecule has 14 heteroatoms. The Kier molecular flexibility index (Phi) is 6.09. The van der Waals surface area contributed by atoms with Crippen molar-refractivity contribution in [3.63, 3.8) is 0 Å². The van der Waals surface area contributed by atoms with Gasteiger partial charge in [0.1, 0.15) is 17.9 Å². The minimum absolute atomic E-state index is 0.0843. The van der Waals surface area contributed by atoms with E-state index in [4.69, 9.17) is 0 Å². The van der Waals surface area contributed by atoms with Crippen molar-refractivity contribution in [2.24, 2.45) is 5.92 Å². The highest BCUT2D eigenvalue weighted by molar-refractivity contribution is 6.45. The van der Waals surface area contributed by atoms with Crippen LogP contribution in [0.4, 0.5) is 4.79 Å². The highest BCUT2D eigenvalue weighted by Crippen LogP contribution is 2.42. The summed E-state index contributed by atoms with van der Waals surface area (Å²) < 4.78 is 0. The van der Waals surface area contributed by atoms with Crippen molar-refractivity contribution in [3.05, 3.63) is 36.0 Å². The van der Waals surface area contributed by atoms with Gasteiger partial charge in [-0.05, 0) is 25.3 Å². The first kappa shape index (κ1) is 24.9. The molecule has 1 aromatic heterocycles. The largest absolute Gasteiger partial charge is 0.481 e. The molecule has 5 rings (SSSR count). The number of para-hydroxylation sites is 1. The first-order valence-electron chi connectivity index (χ1n) is 12.0. The molecule has 1 aromatic carbocycles. The van der Waals surface area contributed by atoms with Crippen molar-refractivity contribution < 1.29 is 38.7 Å². The SMILES string of the molecule is O=C[C@@]1(NC(=O)[C@@H]2CCCN3C(=O)CCN(NC(=O)C(=O)c4c[nH]c5ccccc45)C(=O)N23)C[C@H]1C(=O)O. The van der Waals surface area contributed by atoms with Gasteiger partial charge in [-0.15, -0.1) is 0 Å². The lowest BCUT2D eigenvalue weighted by Gasteiger charge is -2.43. The number of hydrogen-bond donors (Lipinski definition) is 4. The van der Waals surface area contributed by atoms with E-state index in [1.807, 2.05) is 0 Å². The Morgan fingerprint density at radius 3 is 2.61 bits per heavy atom. The van der Waals surface area contributed by atoms with Crippen LogP contribution in [0, 0.1) is 5.92 Å². The van der Waals surface area contributed by atoms with Gasteiger partial charge in [0.05, 0.1) is 18.0 Å². The third-order valence-electron chi connectivity index (χ3n) is 7.11. The molecule has 2 saturated heterocycles. The van der Waals surface area contributed by atoms with E-state index in [2.05, 4.69) is 15.7 Å². The van der Waals surface area contributed by atoms with Gasteiger partial charge in [0.15, 0.2) is 0 Å². The standard InChI is InChI=1S/C24H24N6O8/c31-12-24(10-15(24)22(36)37)26-20(34)17-6-3-8-29-18(32)7-9-28(23(38)30(17)29)27-21(35)19(33)14-11-25-16-5-2-1-4-13(14)16/h1-2,4-5,11-12,15,17,25H,3,6-10H2,(H,26,34)(H,27,35)(H,36,37)/t15-,17-,24-/m0/s1. The van der Waals surface area contributed by atoms with Crippen molar-refractivity contribution >= 4 is 52.7 Å². The van der Waals surface area contributed by atoms with Crippen LogP contribution in [0.3, 0.4) is 0 Å². The summed E-state index contributed by atoms with van der Waals surface area (Å²) >= 11 is 0. The van der Waals surface area contributed by atoms with E-state index >= 15 is 0 Å². The maximum atomic E-state index is 13.5. The Balaban J connectivity index is 1.35. The second-order valence-corrected chi connectivity index (χ2v) is 9.46. The first-order chi connectivity index (χ1) is 18.2. The second kappa shape index (κ2) is 9.28. The number of nitrogens with zero attached hydrogens (tertiary/aromatic N) is 3. The lowest BCUT2D eigenvalue weighted by atomic mass is 10.1. The number of benzene rings is 1. The van der Waals surface area contributed by atoms with Crippen molar-refractivity contribution in [1.29, 1.82) is 0 Å². The zero-order chi connectivity index (χ0) is 27.2. The summed E-state index contributed by atoms with van der Waals surface area (Å²) in [6.45, 7) is -0.105. The van der Waals surface area contributed by atoms with E-state index in [-0.39, 0.29) is 37.9 Å². The molecule has 14 nitrogen and oxygen atoms in total. The highest BCUT2D eigenvalue weighted by Gasteiger charge is 2.61. The van der Waals surface area contributed by atoms with Crippen molar-refractivity contribution in [2.45, 2.75) is 37.3 Å². The number of carbonyl (C=O) groups excluding carboxylic acids is 6. The number of ketones is 1. The van der Waals surface area contributed by atoms with Gasteiger partial charge in [0.25, 0.3) is 5.78 Å². The number of aliphatic carboxylic acids is 1. The number of hydrogen-bond acceptors (Lipinski definition) is 7. The number of carboxylic acids is 1. The van der Waals surface area contributed by atoms with Crippen LogP contribution in [-0.2, 0) is 24.0 Å². The smallest absolute Gasteiger partial charge is 0.358 e. The zero-order valence-electron chi connectivity index (χ0n) is 20.0. The van der Waals surface area contributed by atoms with Crippen LogP contribution in [0.2, 0.25) is 0 Å². The van der Waals surface area contributed by atoms with Gasteiger partial charge in [0.2, 0.25) is 11.8 Å². The quantitative estimate of drug-likeness (QED) is 0.213. The van der Waals surface area contributed by atoms with Crippen LogP contribution in [0.5, 0.6) is 0 Å². The number of H-pyrrole nitrogens is 1. The molecule has 1 aliphatic carbocycles. The molecule has 3 atom stereocenters. The Labute approximate surface area is 214 Å². The molecule has 3 aliphatic rings. The number of aromatic amines is 1. The average molecular weight is 524 g/mol. The second-order valence-electron chi connectivity index (χ2n) is 9.46. The van der Waals surface area contributed by atoms with E-state index in [0.717, 1.165) is 15.0 Å². The van der Waals surface area contributed by atoms with E-state index in [1.54, 1.807) is 24.3 Å². The first-order valence-corrected chi connectivity index (χ1v) is 12.0. The molecule has 2 aliphatic heterocycles. The van der Waals surface area contributed by atoms with Gasteiger partial charge < -0.3 is 20.2 Å². The van der Waals surface area contributed by atoms with Crippen LogP contribution >= 0.6 is 0 Å². The number of carbonyl (C=O) groups is 7. The molecule has 5 amide bonds. The van der Waals surface area contributed by atoms with E-state index in [1.165, 1.54) is 6.20 Å². The number of urea groups is 1. The van der Waals surface area contributed by atoms with Crippen LogP contribution in [0.25, 0.3) is 10.9 Å². The monoisotopic (exact) mass is 524 g/mol. The number of rotatable bonds is 7. The molecular weight excluding hydrogens is 500 g/mol. The number of aldehydes is 1. The number of aromatic nitrogens is 1. The molecule has 0 bridgehead atoms. The molecule has 1 saturated carbocycles. The molecule has 3 heterocycles. The van der Waals surface area contributed by atoms with Crippen LogP contribution in [-0.4, -0.2) is 91.6 Å². The molecule has 0 radical (unpaired) electrons. The summed E-state index contributed by atoms with van der Waals surface area (Å²) in [5, 5.41) is 15.0. The molecule has 38 heavy (non-hydrogen) atoms. The van der Waals surface area contributed by atoms with Crippen molar-refractivity contribution in [1.82, 2.24) is 30.8 Å². The fourth-order valence-electron chi connectivity index (χ4n) is 4.97. The summed E-state index contributed by atoms with van der Waals surface area (Å²) in [6.07, 6.45) is 1.98. The number of nitrogens with one attached hydrogen (secondary N) is 3. The van der Waals surface area contributed by atoms with Crippen LogP contribution < -0.4 is 10.7 Å². The maximum Gasteiger partial charge on any atom is 0.358 e. The van der Waals surface area contributed by atoms with Gasteiger partial charge in [-0.1, -0.05) is 18.2 Å². The highest BCUT2D eigenvalue weighted by atomic mass is 16.4. The predicted octanol–water partition coefficient (Wildman–Crippen LogP) is -0.426. The fraction of sp³-hybridized carbons (Fsp3) is 0.375. The average Bonchev–Trinajstić information content (AvgIpc) is 3.51. The Morgan fingerprint density at radius 2 is 1.89 bits per heavy atom. The number of hydrazine groups is 2. The topological polar surface area (TPSA) is 189 Å². The predicted molar refractivity (Wildman–Crippen MR) is 127 cm³/mol. The van der Waals surface area contributed by atoms with E-state index in [0.29, 0.717) is 23.6 Å². The summed E-state index contributed by atoms with van der Waals surface area (Å²) in [4.78, 5) is 91.0. The normalized spacial score (nSPS) is 24.9. The number of carboxylic acid groups (broad SMARTS) is 1. The Morgan fingerprint density at radius 1 is 1.13 bits per heavy atom. The lowest BCUT2D eigenvalue weighted by Crippen LogP contribution is -2.65. The Hall–Kier alpha value is -4.75.